The molecular weight excluding hydrogens is 230 g/mol. The van der Waals surface area contributed by atoms with Gasteiger partial charge < -0.3 is 5.32 Å². The predicted molar refractivity (Wildman–Crippen MR) is 83.6 cm³/mol. The minimum Gasteiger partial charge on any atom is -0.316 e. The summed E-state index contributed by atoms with van der Waals surface area (Å²) in [6.45, 7) is 9.18. The molecule has 1 saturated carbocycles. The second-order valence-electron chi connectivity index (χ2n) is 6.56. The highest BCUT2D eigenvalue weighted by molar-refractivity contribution is 5.30. The summed E-state index contributed by atoms with van der Waals surface area (Å²) in [5.41, 5.74) is 3.07. The molecule has 0 saturated heterocycles. The Bertz CT molecular complexity index is 383. The molecule has 1 aromatic rings. The van der Waals surface area contributed by atoms with Crippen molar-refractivity contribution >= 4 is 0 Å². The molecule has 0 aromatic heterocycles. The van der Waals surface area contributed by atoms with E-state index in [0.29, 0.717) is 0 Å². The van der Waals surface area contributed by atoms with E-state index >= 15 is 0 Å². The molecule has 1 aromatic carbocycles. The zero-order valence-corrected chi connectivity index (χ0v) is 12.8. The van der Waals surface area contributed by atoms with E-state index in [2.05, 4.69) is 50.4 Å². The summed E-state index contributed by atoms with van der Waals surface area (Å²) in [6.07, 6.45) is 5.58. The summed E-state index contributed by atoms with van der Waals surface area (Å²) < 4.78 is 0. The van der Waals surface area contributed by atoms with Crippen LogP contribution in [0.3, 0.4) is 0 Å². The minimum absolute atomic E-state index is 0.750. The van der Waals surface area contributed by atoms with Crippen LogP contribution in [-0.2, 0) is 0 Å². The van der Waals surface area contributed by atoms with E-state index in [4.69, 9.17) is 0 Å². The van der Waals surface area contributed by atoms with Gasteiger partial charge in [0.1, 0.15) is 0 Å². The van der Waals surface area contributed by atoms with Gasteiger partial charge in [-0.1, -0.05) is 51.0 Å². The first-order valence-electron chi connectivity index (χ1n) is 7.94. The van der Waals surface area contributed by atoms with Gasteiger partial charge in [0.2, 0.25) is 0 Å². The maximum absolute atomic E-state index is 3.67. The Morgan fingerprint density at radius 2 is 1.89 bits per heavy atom. The second-order valence-corrected chi connectivity index (χ2v) is 6.56. The third-order valence-electron chi connectivity index (χ3n) is 4.46. The number of nitrogens with one attached hydrogen (secondary N) is 1. The van der Waals surface area contributed by atoms with Gasteiger partial charge in [-0.25, -0.2) is 0 Å². The molecule has 1 heteroatoms. The second kappa shape index (κ2) is 7.09. The number of hydrogen-bond donors (Lipinski definition) is 1. The maximum atomic E-state index is 3.67. The van der Waals surface area contributed by atoms with Crippen LogP contribution in [0.4, 0.5) is 0 Å². The first kappa shape index (κ1) is 14.6. The predicted octanol–water partition coefficient (Wildman–Crippen LogP) is 4.51. The Morgan fingerprint density at radius 3 is 2.63 bits per heavy atom. The van der Waals surface area contributed by atoms with Crippen molar-refractivity contribution in [3.05, 3.63) is 35.4 Å². The standard InChI is InChI=1S/C18H29N/c1-14(2)12-19-13-16-9-5-7-11-18(16)17-10-6-4-8-15(17)3/h4,6,8,10,14,16,18-19H,5,7,9,11-13H2,1-3H3. The number of aryl methyl sites for hydroxylation is 1. The van der Waals surface area contributed by atoms with Crippen molar-refractivity contribution in [2.45, 2.75) is 52.4 Å². The first-order valence-corrected chi connectivity index (χ1v) is 7.94. The molecule has 0 spiro atoms. The zero-order valence-electron chi connectivity index (χ0n) is 12.8. The summed E-state index contributed by atoms with van der Waals surface area (Å²) in [7, 11) is 0. The molecule has 1 aliphatic rings. The van der Waals surface area contributed by atoms with Gasteiger partial charge in [0.15, 0.2) is 0 Å². The lowest BCUT2D eigenvalue weighted by Crippen LogP contribution is -2.31. The molecule has 106 valence electrons. The molecule has 0 amide bonds. The van der Waals surface area contributed by atoms with E-state index < -0.39 is 0 Å². The summed E-state index contributed by atoms with van der Waals surface area (Å²) in [5, 5.41) is 3.67. The summed E-state index contributed by atoms with van der Waals surface area (Å²) >= 11 is 0. The van der Waals surface area contributed by atoms with E-state index in [9.17, 15) is 0 Å². The molecule has 0 aliphatic heterocycles. The van der Waals surface area contributed by atoms with Crippen molar-refractivity contribution < 1.29 is 0 Å². The number of hydrogen-bond acceptors (Lipinski definition) is 1. The van der Waals surface area contributed by atoms with E-state index in [1.807, 2.05) is 0 Å². The van der Waals surface area contributed by atoms with Gasteiger partial charge in [-0.2, -0.15) is 0 Å². The van der Waals surface area contributed by atoms with Gasteiger partial charge in [0.25, 0.3) is 0 Å². The molecule has 1 N–H and O–H groups in total. The molecule has 0 radical (unpaired) electrons. The fraction of sp³-hybridized carbons (Fsp3) is 0.667. The first-order chi connectivity index (χ1) is 9.18. The highest BCUT2D eigenvalue weighted by Gasteiger charge is 2.26. The quantitative estimate of drug-likeness (QED) is 0.820. The van der Waals surface area contributed by atoms with Crippen LogP contribution in [0.5, 0.6) is 0 Å². The minimum atomic E-state index is 0.750. The molecule has 2 atom stereocenters. The van der Waals surface area contributed by atoms with Gasteiger partial charge in [-0.15, -0.1) is 0 Å². The highest BCUT2D eigenvalue weighted by atomic mass is 14.9. The van der Waals surface area contributed by atoms with Crippen molar-refractivity contribution in [1.82, 2.24) is 5.32 Å². The smallest absolute Gasteiger partial charge is 0.00146 e. The average molecular weight is 259 g/mol. The average Bonchev–Trinajstić information content (AvgIpc) is 2.40. The van der Waals surface area contributed by atoms with Gasteiger partial charge in [0, 0.05) is 0 Å². The number of benzene rings is 1. The van der Waals surface area contributed by atoms with Crippen LogP contribution in [0.1, 0.15) is 56.6 Å². The van der Waals surface area contributed by atoms with Crippen molar-refractivity contribution in [2.24, 2.45) is 11.8 Å². The van der Waals surface area contributed by atoms with Gasteiger partial charge in [0.05, 0.1) is 0 Å². The lowest BCUT2D eigenvalue weighted by molar-refractivity contribution is 0.291. The molecule has 1 fully saturated rings. The molecule has 2 rings (SSSR count). The third-order valence-corrected chi connectivity index (χ3v) is 4.46. The van der Waals surface area contributed by atoms with Crippen molar-refractivity contribution in [2.75, 3.05) is 13.1 Å². The highest BCUT2D eigenvalue weighted by Crippen LogP contribution is 2.38. The van der Waals surface area contributed by atoms with Crippen molar-refractivity contribution in [1.29, 1.82) is 0 Å². The zero-order chi connectivity index (χ0) is 13.7. The van der Waals surface area contributed by atoms with Gasteiger partial charge >= 0.3 is 0 Å². The Labute approximate surface area is 118 Å². The normalized spacial score (nSPS) is 23.8. The van der Waals surface area contributed by atoms with Crippen LogP contribution in [0.15, 0.2) is 24.3 Å². The summed E-state index contributed by atoms with van der Waals surface area (Å²) in [6, 6.07) is 8.98. The summed E-state index contributed by atoms with van der Waals surface area (Å²) in [5.74, 6) is 2.35. The van der Waals surface area contributed by atoms with E-state index in [1.165, 1.54) is 37.8 Å². The fourth-order valence-corrected chi connectivity index (χ4v) is 3.42. The molecule has 1 aliphatic carbocycles. The molecule has 0 bridgehead atoms. The lowest BCUT2D eigenvalue weighted by Gasteiger charge is -2.33. The van der Waals surface area contributed by atoms with Crippen LogP contribution in [0.2, 0.25) is 0 Å². The lowest BCUT2D eigenvalue weighted by atomic mass is 9.74. The Kier molecular flexibility index (Phi) is 5.45. The Morgan fingerprint density at radius 1 is 1.16 bits per heavy atom. The van der Waals surface area contributed by atoms with Gasteiger partial charge in [-0.3, -0.25) is 0 Å². The van der Waals surface area contributed by atoms with Crippen LogP contribution < -0.4 is 5.32 Å². The molecule has 1 nitrogen and oxygen atoms in total. The van der Waals surface area contributed by atoms with Crippen LogP contribution >= 0.6 is 0 Å². The maximum Gasteiger partial charge on any atom is -0.00146 e. The van der Waals surface area contributed by atoms with Crippen LogP contribution in [-0.4, -0.2) is 13.1 Å². The van der Waals surface area contributed by atoms with Gasteiger partial charge in [-0.05, 0) is 61.7 Å². The molecular formula is C18H29N. The number of rotatable bonds is 5. The van der Waals surface area contributed by atoms with Crippen LogP contribution in [0.25, 0.3) is 0 Å². The van der Waals surface area contributed by atoms with Crippen molar-refractivity contribution in [3.8, 4) is 0 Å². The monoisotopic (exact) mass is 259 g/mol. The third kappa shape index (κ3) is 4.07. The SMILES string of the molecule is Cc1ccccc1C1CCCCC1CNCC(C)C. The van der Waals surface area contributed by atoms with Crippen molar-refractivity contribution in [3.63, 3.8) is 0 Å². The molecule has 2 unspecified atom stereocenters. The Hall–Kier alpha value is -0.820. The molecule has 0 heterocycles. The van der Waals surface area contributed by atoms with Crippen LogP contribution in [0, 0.1) is 18.8 Å². The molecule has 19 heavy (non-hydrogen) atoms. The fourth-order valence-electron chi connectivity index (χ4n) is 3.42. The summed E-state index contributed by atoms with van der Waals surface area (Å²) in [4.78, 5) is 0. The largest absolute Gasteiger partial charge is 0.316 e. The van der Waals surface area contributed by atoms with E-state index in [1.54, 1.807) is 5.56 Å². The van der Waals surface area contributed by atoms with E-state index in [0.717, 1.165) is 24.3 Å². The Balaban J connectivity index is 2.02. The van der Waals surface area contributed by atoms with E-state index in [-0.39, 0.29) is 0 Å². The topological polar surface area (TPSA) is 12.0 Å².